The van der Waals surface area contributed by atoms with E-state index in [-0.39, 0.29) is 17.7 Å². The summed E-state index contributed by atoms with van der Waals surface area (Å²) in [6.45, 7) is 4.18. The number of hydrogen-bond acceptors (Lipinski definition) is 5. The SMILES string of the molecule is Cc1cc(C)nc(SCC(=O)NC(CN)c2ccc3ccccc3c2)n1. The Morgan fingerprint density at radius 1 is 1.08 bits per heavy atom. The number of carbonyl (C=O) groups is 1. The second-order valence-electron chi connectivity index (χ2n) is 6.18. The number of aromatic nitrogens is 2. The molecule has 26 heavy (non-hydrogen) atoms. The van der Waals surface area contributed by atoms with E-state index in [0.29, 0.717) is 11.7 Å². The van der Waals surface area contributed by atoms with E-state index >= 15 is 0 Å². The van der Waals surface area contributed by atoms with Gasteiger partial charge in [-0.3, -0.25) is 4.79 Å². The highest BCUT2D eigenvalue weighted by molar-refractivity contribution is 7.99. The number of benzene rings is 2. The smallest absolute Gasteiger partial charge is 0.231 e. The van der Waals surface area contributed by atoms with Crippen LogP contribution in [0.5, 0.6) is 0 Å². The van der Waals surface area contributed by atoms with Crippen LogP contribution in [0.4, 0.5) is 0 Å². The molecule has 134 valence electrons. The number of nitrogens with two attached hydrogens (primary N) is 1. The molecular weight excluding hydrogens is 344 g/mol. The third-order valence-electron chi connectivity index (χ3n) is 4.04. The maximum atomic E-state index is 12.3. The summed E-state index contributed by atoms with van der Waals surface area (Å²) >= 11 is 1.33. The number of carbonyl (C=O) groups excluding carboxylic acids is 1. The van der Waals surface area contributed by atoms with Crippen molar-refractivity contribution in [3.05, 3.63) is 65.5 Å². The maximum Gasteiger partial charge on any atom is 0.231 e. The average Bonchev–Trinajstić information content (AvgIpc) is 2.63. The van der Waals surface area contributed by atoms with Crippen LogP contribution in [0.25, 0.3) is 10.8 Å². The number of hydrogen-bond donors (Lipinski definition) is 2. The molecule has 6 heteroatoms. The molecule has 0 aliphatic heterocycles. The lowest BCUT2D eigenvalue weighted by atomic mass is 10.0. The van der Waals surface area contributed by atoms with E-state index in [1.807, 2.05) is 38.1 Å². The van der Waals surface area contributed by atoms with Crippen LogP contribution in [0, 0.1) is 13.8 Å². The Labute approximate surface area is 157 Å². The first kappa shape index (κ1) is 18.4. The van der Waals surface area contributed by atoms with Crippen LogP contribution in [0.1, 0.15) is 23.0 Å². The Bertz CT molecular complexity index is 908. The van der Waals surface area contributed by atoms with E-state index in [2.05, 4.69) is 39.6 Å². The zero-order chi connectivity index (χ0) is 18.5. The van der Waals surface area contributed by atoms with Crippen molar-refractivity contribution >= 4 is 28.4 Å². The normalized spacial score (nSPS) is 12.1. The van der Waals surface area contributed by atoms with Gasteiger partial charge < -0.3 is 11.1 Å². The maximum absolute atomic E-state index is 12.3. The van der Waals surface area contributed by atoms with Crippen molar-refractivity contribution in [3.8, 4) is 0 Å². The van der Waals surface area contributed by atoms with Crippen LogP contribution in [0.15, 0.2) is 53.7 Å². The molecule has 0 aliphatic carbocycles. The van der Waals surface area contributed by atoms with Gasteiger partial charge in [-0.25, -0.2) is 9.97 Å². The molecule has 0 bridgehead atoms. The quantitative estimate of drug-likeness (QED) is 0.517. The van der Waals surface area contributed by atoms with E-state index < -0.39 is 0 Å². The summed E-state index contributed by atoms with van der Waals surface area (Å²) in [7, 11) is 0. The van der Waals surface area contributed by atoms with Gasteiger partial charge in [0.2, 0.25) is 5.91 Å². The molecular formula is C20H22N4OS. The Morgan fingerprint density at radius 2 is 1.77 bits per heavy atom. The highest BCUT2D eigenvalue weighted by Gasteiger charge is 2.14. The molecule has 1 unspecified atom stereocenters. The Balaban J connectivity index is 1.65. The van der Waals surface area contributed by atoms with Crippen molar-refractivity contribution < 1.29 is 4.79 Å². The van der Waals surface area contributed by atoms with E-state index in [0.717, 1.165) is 22.3 Å². The van der Waals surface area contributed by atoms with Crippen LogP contribution >= 0.6 is 11.8 Å². The van der Waals surface area contributed by atoms with Crippen molar-refractivity contribution in [2.45, 2.75) is 25.0 Å². The van der Waals surface area contributed by atoms with Gasteiger partial charge in [-0.05, 0) is 42.3 Å². The molecule has 0 aliphatic rings. The molecule has 1 heterocycles. The topological polar surface area (TPSA) is 80.9 Å². The molecule has 5 nitrogen and oxygen atoms in total. The van der Waals surface area contributed by atoms with Crippen LogP contribution < -0.4 is 11.1 Å². The zero-order valence-electron chi connectivity index (χ0n) is 14.9. The lowest BCUT2D eigenvalue weighted by molar-refractivity contribution is -0.119. The molecule has 0 saturated carbocycles. The highest BCUT2D eigenvalue weighted by atomic mass is 32.2. The van der Waals surface area contributed by atoms with Crippen molar-refractivity contribution in [3.63, 3.8) is 0 Å². The highest BCUT2D eigenvalue weighted by Crippen LogP contribution is 2.20. The first-order valence-corrected chi connectivity index (χ1v) is 9.47. The van der Waals surface area contributed by atoms with Crippen molar-refractivity contribution in [1.82, 2.24) is 15.3 Å². The van der Waals surface area contributed by atoms with Gasteiger partial charge in [0.1, 0.15) is 0 Å². The number of thioether (sulfide) groups is 1. The third-order valence-corrected chi connectivity index (χ3v) is 4.89. The van der Waals surface area contributed by atoms with Crippen LogP contribution in [0.3, 0.4) is 0 Å². The van der Waals surface area contributed by atoms with Gasteiger partial charge in [-0.1, -0.05) is 48.2 Å². The van der Waals surface area contributed by atoms with Gasteiger partial charge in [0.15, 0.2) is 5.16 Å². The predicted octanol–water partition coefficient (Wildman–Crippen LogP) is 3.15. The zero-order valence-corrected chi connectivity index (χ0v) is 15.7. The standard InChI is InChI=1S/C20H22N4OS/c1-13-9-14(2)23-20(22-13)26-12-19(25)24-18(11-21)17-8-7-15-5-3-4-6-16(15)10-17/h3-10,18H,11-12,21H2,1-2H3,(H,24,25). The molecule has 1 aromatic heterocycles. The third kappa shape index (κ3) is 4.59. The molecule has 0 saturated heterocycles. The monoisotopic (exact) mass is 366 g/mol. The van der Waals surface area contributed by atoms with E-state index in [1.165, 1.54) is 17.1 Å². The van der Waals surface area contributed by atoms with E-state index in [9.17, 15) is 4.79 Å². The fraction of sp³-hybridized carbons (Fsp3) is 0.250. The summed E-state index contributed by atoms with van der Waals surface area (Å²) in [6.07, 6.45) is 0. The number of fused-ring (bicyclic) bond motifs is 1. The van der Waals surface area contributed by atoms with Gasteiger partial charge >= 0.3 is 0 Å². The number of nitrogens with one attached hydrogen (secondary N) is 1. The predicted molar refractivity (Wildman–Crippen MR) is 106 cm³/mol. The second-order valence-corrected chi connectivity index (χ2v) is 7.13. The Morgan fingerprint density at radius 3 is 2.46 bits per heavy atom. The largest absolute Gasteiger partial charge is 0.347 e. The van der Waals surface area contributed by atoms with Gasteiger partial charge in [-0.2, -0.15) is 0 Å². The summed E-state index contributed by atoms with van der Waals surface area (Å²) in [4.78, 5) is 21.0. The number of nitrogens with zero attached hydrogens (tertiary/aromatic N) is 2. The second kappa shape index (κ2) is 8.29. The first-order chi connectivity index (χ1) is 12.5. The van der Waals surface area contributed by atoms with Gasteiger partial charge in [0.25, 0.3) is 0 Å². The van der Waals surface area contributed by atoms with Gasteiger partial charge in [0.05, 0.1) is 11.8 Å². The Hall–Kier alpha value is -2.44. The minimum atomic E-state index is -0.215. The van der Waals surface area contributed by atoms with Crippen molar-refractivity contribution in [2.24, 2.45) is 5.73 Å². The molecule has 2 aromatic carbocycles. The number of aryl methyl sites for hydroxylation is 2. The van der Waals surface area contributed by atoms with Crippen LogP contribution in [0.2, 0.25) is 0 Å². The summed E-state index contributed by atoms with van der Waals surface area (Å²) < 4.78 is 0. The molecule has 3 aromatic rings. The minimum absolute atomic E-state index is 0.0821. The fourth-order valence-electron chi connectivity index (χ4n) is 2.83. The molecule has 0 radical (unpaired) electrons. The first-order valence-electron chi connectivity index (χ1n) is 8.48. The minimum Gasteiger partial charge on any atom is -0.347 e. The Kier molecular flexibility index (Phi) is 5.85. The molecule has 3 rings (SSSR count). The summed E-state index contributed by atoms with van der Waals surface area (Å²) in [5, 5.41) is 5.93. The lowest BCUT2D eigenvalue weighted by Gasteiger charge is -2.18. The number of amides is 1. The summed E-state index contributed by atoms with van der Waals surface area (Å²) in [6, 6.07) is 16.0. The molecule has 3 N–H and O–H groups in total. The summed E-state index contributed by atoms with van der Waals surface area (Å²) in [5.41, 5.74) is 8.70. The van der Waals surface area contributed by atoms with Gasteiger partial charge in [-0.15, -0.1) is 0 Å². The van der Waals surface area contributed by atoms with Crippen LogP contribution in [-0.2, 0) is 4.79 Å². The van der Waals surface area contributed by atoms with E-state index in [4.69, 9.17) is 5.73 Å². The lowest BCUT2D eigenvalue weighted by Crippen LogP contribution is -2.34. The van der Waals surface area contributed by atoms with Crippen LogP contribution in [-0.4, -0.2) is 28.2 Å². The molecule has 0 spiro atoms. The summed E-state index contributed by atoms with van der Waals surface area (Å²) in [5.74, 6) is 0.175. The average molecular weight is 366 g/mol. The van der Waals surface area contributed by atoms with Crippen molar-refractivity contribution in [1.29, 1.82) is 0 Å². The molecule has 0 fully saturated rings. The number of rotatable bonds is 6. The fourth-order valence-corrected chi connectivity index (χ4v) is 3.59. The molecule has 1 amide bonds. The van der Waals surface area contributed by atoms with E-state index in [1.54, 1.807) is 0 Å². The van der Waals surface area contributed by atoms with Gasteiger partial charge in [0, 0.05) is 17.9 Å². The van der Waals surface area contributed by atoms with Crippen molar-refractivity contribution in [2.75, 3.05) is 12.3 Å². The molecule has 1 atom stereocenters.